The smallest absolute Gasteiger partial charge is 0.340 e. The number of sulfonamides is 1. The van der Waals surface area contributed by atoms with Crippen LogP contribution in [0.15, 0.2) is 5.03 Å². The molecule has 1 amide bonds. The fraction of sp³-hybridized carbons (Fsp3) is 0.500. The Kier molecular flexibility index (Phi) is 4.50. The Morgan fingerprint density at radius 2 is 2.00 bits per heavy atom. The van der Waals surface area contributed by atoms with E-state index < -0.39 is 45.1 Å². The lowest BCUT2D eigenvalue weighted by molar-refractivity contribution is -0.118. The number of aromatic amines is 1. The quantitative estimate of drug-likeness (QED) is 0.633. The first-order chi connectivity index (χ1) is 9.09. The average Bonchev–Trinajstić information content (AvgIpc) is 2.67. The number of hydrogen-bond acceptors (Lipinski definition) is 5. The van der Waals surface area contributed by atoms with Crippen molar-refractivity contribution in [1.82, 2.24) is 14.5 Å². The first kappa shape index (κ1) is 16.1. The Morgan fingerprint density at radius 3 is 2.40 bits per heavy atom. The first-order valence-corrected chi connectivity index (χ1v) is 7.11. The molecule has 0 aromatic carbocycles. The number of nitrogens with two attached hydrogens (primary N) is 1. The third-order valence-electron chi connectivity index (χ3n) is 2.57. The third-order valence-corrected chi connectivity index (χ3v) is 4.52. The van der Waals surface area contributed by atoms with Crippen molar-refractivity contribution in [3.8, 4) is 0 Å². The molecule has 0 saturated heterocycles. The number of aromatic nitrogens is 2. The van der Waals surface area contributed by atoms with E-state index in [1.807, 2.05) is 0 Å². The molecule has 0 spiro atoms. The number of carbonyl (C=O) groups is 2. The summed E-state index contributed by atoms with van der Waals surface area (Å²) in [6, 6.07) is -0.578. The van der Waals surface area contributed by atoms with Gasteiger partial charge in [-0.25, -0.2) is 13.2 Å². The number of aryl methyl sites for hydroxylation is 1. The minimum Gasteiger partial charge on any atom is -0.478 e. The van der Waals surface area contributed by atoms with Gasteiger partial charge >= 0.3 is 5.97 Å². The maximum Gasteiger partial charge on any atom is 0.340 e. The monoisotopic (exact) mass is 304 g/mol. The van der Waals surface area contributed by atoms with E-state index in [9.17, 15) is 18.0 Å². The molecule has 112 valence electrons. The number of amides is 1. The fourth-order valence-electron chi connectivity index (χ4n) is 1.66. The van der Waals surface area contributed by atoms with Crippen LogP contribution in [0.25, 0.3) is 0 Å². The summed E-state index contributed by atoms with van der Waals surface area (Å²) in [6.45, 7) is 3.93. The van der Waals surface area contributed by atoms with Crippen LogP contribution in [0.4, 0.5) is 0 Å². The Hall–Kier alpha value is -1.94. The second kappa shape index (κ2) is 5.59. The zero-order valence-electron chi connectivity index (χ0n) is 11.2. The summed E-state index contributed by atoms with van der Waals surface area (Å²) in [4.78, 5) is 22.1. The number of nitrogens with zero attached hydrogens (tertiary/aromatic N) is 2. The van der Waals surface area contributed by atoms with Gasteiger partial charge in [-0.3, -0.25) is 9.89 Å². The molecule has 0 radical (unpaired) electrons. The molecule has 1 aromatic heterocycles. The SMILES string of the molecule is Cc1[nH]nc(S(=O)(=O)N(CC(N)=O)C(C)C)c1C(=O)O. The van der Waals surface area contributed by atoms with Crippen molar-refractivity contribution in [1.29, 1.82) is 0 Å². The van der Waals surface area contributed by atoms with Crippen LogP contribution in [0.1, 0.15) is 29.9 Å². The van der Waals surface area contributed by atoms with Gasteiger partial charge in [-0.05, 0) is 20.8 Å². The molecule has 4 N–H and O–H groups in total. The average molecular weight is 304 g/mol. The van der Waals surface area contributed by atoms with Crippen molar-refractivity contribution in [2.24, 2.45) is 5.73 Å². The lowest BCUT2D eigenvalue weighted by atomic mass is 10.3. The van der Waals surface area contributed by atoms with E-state index in [-0.39, 0.29) is 5.69 Å². The van der Waals surface area contributed by atoms with Crippen molar-refractivity contribution in [2.45, 2.75) is 31.8 Å². The molecule has 0 unspecified atom stereocenters. The van der Waals surface area contributed by atoms with Crippen LogP contribution in [-0.4, -0.2) is 52.5 Å². The molecular weight excluding hydrogens is 288 g/mol. The number of hydrogen-bond donors (Lipinski definition) is 3. The fourth-order valence-corrected chi connectivity index (χ4v) is 3.39. The van der Waals surface area contributed by atoms with Crippen molar-refractivity contribution < 1.29 is 23.1 Å². The molecule has 0 fully saturated rings. The molecular formula is C10H16N4O5S. The summed E-state index contributed by atoms with van der Waals surface area (Å²) >= 11 is 0. The van der Waals surface area contributed by atoms with E-state index in [0.29, 0.717) is 0 Å². The predicted octanol–water partition coefficient (Wildman–Crippen LogP) is -0.699. The topological polar surface area (TPSA) is 146 Å². The molecule has 1 rings (SSSR count). The second-order valence-corrected chi connectivity index (χ2v) is 6.25. The van der Waals surface area contributed by atoms with E-state index in [1.165, 1.54) is 6.92 Å². The van der Waals surface area contributed by atoms with E-state index in [2.05, 4.69) is 10.2 Å². The molecule has 0 aliphatic heterocycles. The van der Waals surface area contributed by atoms with E-state index in [0.717, 1.165) is 4.31 Å². The third kappa shape index (κ3) is 2.96. The zero-order chi connectivity index (χ0) is 15.7. The van der Waals surface area contributed by atoms with Gasteiger partial charge in [-0.15, -0.1) is 0 Å². The Morgan fingerprint density at radius 1 is 1.45 bits per heavy atom. The van der Waals surface area contributed by atoms with Gasteiger partial charge in [0.05, 0.1) is 6.54 Å². The molecule has 9 nitrogen and oxygen atoms in total. The highest BCUT2D eigenvalue weighted by atomic mass is 32.2. The predicted molar refractivity (Wildman–Crippen MR) is 68.5 cm³/mol. The Bertz CT molecular complexity index is 634. The van der Waals surface area contributed by atoms with Crippen molar-refractivity contribution in [3.05, 3.63) is 11.3 Å². The first-order valence-electron chi connectivity index (χ1n) is 5.67. The summed E-state index contributed by atoms with van der Waals surface area (Å²) < 4.78 is 25.6. The second-order valence-electron chi connectivity index (χ2n) is 4.44. The molecule has 0 aliphatic rings. The highest BCUT2D eigenvalue weighted by molar-refractivity contribution is 7.89. The lowest BCUT2D eigenvalue weighted by Crippen LogP contribution is -2.43. The molecule has 0 aliphatic carbocycles. The minimum atomic E-state index is -4.24. The Balaban J connectivity index is 3.41. The number of carbonyl (C=O) groups excluding carboxylic acids is 1. The number of primary amides is 1. The van der Waals surface area contributed by atoms with E-state index in [4.69, 9.17) is 10.8 Å². The molecule has 1 heterocycles. The van der Waals surface area contributed by atoms with E-state index in [1.54, 1.807) is 13.8 Å². The van der Waals surface area contributed by atoms with Crippen LogP contribution in [-0.2, 0) is 14.8 Å². The van der Waals surface area contributed by atoms with Crippen LogP contribution in [0.3, 0.4) is 0 Å². The standard InChI is InChI=1S/C10H16N4O5S/c1-5(2)14(4-7(11)15)20(18,19)9-8(10(16)17)6(3)12-13-9/h5H,4H2,1-3H3,(H2,11,15)(H,12,13)(H,16,17). The highest BCUT2D eigenvalue weighted by Gasteiger charge is 2.35. The van der Waals surface area contributed by atoms with Gasteiger partial charge in [-0.2, -0.15) is 9.40 Å². The van der Waals surface area contributed by atoms with Gasteiger partial charge in [0.1, 0.15) is 5.56 Å². The maximum atomic E-state index is 12.4. The van der Waals surface area contributed by atoms with Gasteiger partial charge < -0.3 is 10.8 Å². The number of H-pyrrole nitrogens is 1. The minimum absolute atomic E-state index is 0.110. The molecule has 20 heavy (non-hydrogen) atoms. The van der Waals surface area contributed by atoms with Crippen molar-refractivity contribution >= 4 is 21.9 Å². The summed E-state index contributed by atoms with van der Waals surface area (Å²) in [5.74, 6) is -2.26. The van der Waals surface area contributed by atoms with Crippen molar-refractivity contribution in [3.63, 3.8) is 0 Å². The lowest BCUT2D eigenvalue weighted by Gasteiger charge is -2.23. The molecule has 0 saturated carbocycles. The summed E-state index contributed by atoms with van der Waals surface area (Å²) in [5, 5.41) is 14.3. The summed E-state index contributed by atoms with van der Waals surface area (Å²) in [6.07, 6.45) is 0. The molecule has 1 aromatic rings. The number of nitrogens with one attached hydrogen (secondary N) is 1. The summed E-state index contributed by atoms with van der Waals surface area (Å²) in [5.41, 5.74) is 4.69. The zero-order valence-corrected chi connectivity index (χ0v) is 12.1. The number of carboxylic acid groups (broad SMARTS) is 1. The Labute approximate surface area is 115 Å². The number of carboxylic acids is 1. The van der Waals surface area contributed by atoms with Crippen molar-refractivity contribution in [2.75, 3.05) is 6.54 Å². The van der Waals surface area contributed by atoms with Gasteiger partial charge in [0.25, 0.3) is 10.0 Å². The summed E-state index contributed by atoms with van der Waals surface area (Å²) in [7, 11) is -4.24. The largest absolute Gasteiger partial charge is 0.478 e. The number of rotatable bonds is 6. The van der Waals surface area contributed by atoms with Gasteiger partial charge in [-0.1, -0.05) is 0 Å². The van der Waals surface area contributed by atoms with E-state index >= 15 is 0 Å². The van der Waals surface area contributed by atoms with Gasteiger partial charge in [0, 0.05) is 11.7 Å². The normalized spacial score (nSPS) is 12.1. The van der Waals surface area contributed by atoms with Crippen LogP contribution in [0, 0.1) is 6.92 Å². The highest BCUT2D eigenvalue weighted by Crippen LogP contribution is 2.22. The van der Waals surface area contributed by atoms with Crippen LogP contribution >= 0.6 is 0 Å². The van der Waals surface area contributed by atoms with Crippen LogP contribution < -0.4 is 5.73 Å². The van der Waals surface area contributed by atoms with Crippen LogP contribution in [0.5, 0.6) is 0 Å². The molecule has 0 bridgehead atoms. The maximum absolute atomic E-state index is 12.4. The van der Waals surface area contributed by atoms with Crippen LogP contribution in [0.2, 0.25) is 0 Å². The van der Waals surface area contributed by atoms with Gasteiger partial charge in [0.15, 0.2) is 0 Å². The number of aromatic carboxylic acids is 1. The molecule has 0 atom stereocenters. The van der Waals surface area contributed by atoms with Gasteiger partial charge in [0.2, 0.25) is 10.9 Å². The molecule has 10 heteroatoms.